The third-order valence-electron chi connectivity index (χ3n) is 1.89. The zero-order chi connectivity index (χ0) is 10.7. The van der Waals surface area contributed by atoms with E-state index in [0.717, 1.165) is 16.5 Å². The molecule has 0 amide bonds. The van der Waals surface area contributed by atoms with Crippen LogP contribution < -0.4 is 5.73 Å². The summed E-state index contributed by atoms with van der Waals surface area (Å²) in [6.07, 6.45) is 3.32. The number of aryl methyl sites for hydroxylation is 1. The topological polar surface area (TPSA) is 69.6 Å². The molecule has 0 aliphatic rings. The van der Waals surface area contributed by atoms with Gasteiger partial charge in [0.1, 0.15) is 12.1 Å². The van der Waals surface area contributed by atoms with Crippen LogP contribution in [-0.4, -0.2) is 19.7 Å². The predicted octanol–water partition coefficient (Wildman–Crippen LogP) is 1.08. The van der Waals surface area contributed by atoms with Crippen LogP contribution in [0.15, 0.2) is 29.8 Å². The first kappa shape index (κ1) is 9.97. The molecule has 0 fully saturated rings. The Kier molecular flexibility index (Phi) is 2.86. The Bertz CT molecular complexity index is 436. The first-order chi connectivity index (χ1) is 7.25. The zero-order valence-corrected chi connectivity index (χ0v) is 9.11. The number of hydrogen-bond donors (Lipinski definition) is 1. The van der Waals surface area contributed by atoms with Gasteiger partial charge in [-0.1, -0.05) is 17.8 Å². The Labute approximate surface area is 91.7 Å². The molecule has 2 heterocycles. The molecule has 5 nitrogen and oxygen atoms in total. The van der Waals surface area contributed by atoms with Crippen molar-refractivity contribution in [3.63, 3.8) is 0 Å². The van der Waals surface area contributed by atoms with Gasteiger partial charge in [0.05, 0.1) is 0 Å². The molecule has 0 saturated heterocycles. The predicted molar refractivity (Wildman–Crippen MR) is 59.2 cm³/mol. The largest absolute Gasteiger partial charge is 0.384 e. The Hall–Kier alpha value is -1.56. The Balaban J connectivity index is 1.99. The molecule has 0 aliphatic heterocycles. The highest BCUT2D eigenvalue weighted by Gasteiger charge is 2.01. The molecule has 2 aromatic rings. The molecule has 78 valence electrons. The molecule has 0 spiro atoms. The van der Waals surface area contributed by atoms with Crippen molar-refractivity contribution in [1.82, 2.24) is 19.7 Å². The van der Waals surface area contributed by atoms with Crippen molar-refractivity contribution in [2.75, 3.05) is 5.73 Å². The average molecular weight is 221 g/mol. The van der Waals surface area contributed by atoms with Gasteiger partial charge in [-0.05, 0) is 11.6 Å². The normalized spacial score (nSPS) is 10.5. The van der Waals surface area contributed by atoms with Crippen molar-refractivity contribution >= 4 is 17.6 Å². The summed E-state index contributed by atoms with van der Waals surface area (Å²) in [5.74, 6) is 1.36. The summed E-state index contributed by atoms with van der Waals surface area (Å²) >= 11 is 1.62. The van der Waals surface area contributed by atoms with E-state index >= 15 is 0 Å². The van der Waals surface area contributed by atoms with E-state index in [-0.39, 0.29) is 0 Å². The van der Waals surface area contributed by atoms with Gasteiger partial charge in [0.15, 0.2) is 5.16 Å². The highest BCUT2D eigenvalue weighted by molar-refractivity contribution is 7.98. The number of nitrogen functional groups attached to an aromatic ring is 1. The van der Waals surface area contributed by atoms with Crippen molar-refractivity contribution in [3.8, 4) is 0 Å². The maximum atomic E-state index is 5.50. The fourth-order valence-electron chi connectivity index (χ4n) is 1.09. The number of aromatic nitrogens is 4. The second kappa shape index (κ2) is 4.31. The number of anilines is 1. The fraction of sp³-hybridized carbons (Fsp3) is 0.222. The minimum absolute atomic E-state index is 0.544. The first-order valence-corrected chi connectivity index (χ1v) is 5.41. The minimum atomic E-state index is 0.544. The van der Waals surface area contributed by atoms with Gasteiger partial charge >= 0.3 is 0 Å². The summed E-state index contributed by atoms with van der Waals surface area (Å²) in [7, 11) is 1.87. The third kappa shape index (κ3) is 2.47. The van der Waals surface area contributed by atoms with E-state index in [4.69, 9.17) is 5.73 Å². The van der Waals surface area contributed by atoms with Gasteiger partial charge in [0.25, 0.3) is 0 Å². The Morgan fingerprint density at radius 1 is 1.40 bits per heavy atom. The molecule has 0 bridgehead atoms. The summed E-state index contributed by atoms with van der Waals surface area (Å²) in [4.78, 5) is 8.14. The molecule has 0 aromatic carbocycles. The molecular formula is C9H11N5S. The van der Waals surface area contributed by atoms with Crippen LogP contribution in [0.3, 0.4) is 0 Å². The number of thioether (sulfide) groups is 1. The average Bonchev–Trinajstić information content (AvgIpc) is 2.63. The lowest BCUT2D eigenvalue weighted by molar-refractivity contribution is 0.685. The van der Waals surface area contributed by atoms with Gasteiger partial charge < -0.3 is 5.73 Å². The van der Waals surface area contributed by atoms with Crippen molar-refractivity contribution < 1.29 is 0 Å². The Morgan fingerprint density at radius 3 is 2.87 bits per heavy atom. The number of pyridine rings is 1. The second-order valence-electron chi connectivity index (χ2n) is 3.05. The number of rotatable bonds is 3. The molecule has 0 radical (unpaired) electrons. The van der Waals surface area contributed by atoms with Crippen LogP contribution in [0.1, 0.15) is 5.56 Å². The molecule has 0 aliphatic carbocycles. The van der Waals surface area contributed by atoms with Crippen LogP contribution in [0.5, 0.6) is 0 Å². The summed E-state index contributed by atoms with van der Waals surface area (Å²) in [5.41, 5.74) is 6.62. The van der Waals surface area contributed by atoms with Crippen molar-refractivity contribution in [2.45, 2.75) is 10.9 Å². The van der Waals surface area contributed by atoms with Crippen molar-refractivity contribution in [1.29, 1.82) is 0 Å². The van der Waals surface area contributed by atoms with Gasteiger partial charge in [-0.25, -0.2) is 14.6 Å². The molecular weight excluding hydrogens is 210 g/mol. The third-order valence-corrected chi connectivity index (χ3v) is 2.99. The number of hydrogen-bond acceptors (Lipinski definition) is 5. The highest BCUT2D eigenvalue weighted by atomic mass is 32.2. The zero-order valence-electron chi connectivity index (χ0n) is 8.29. The molecule has 15 heavy (non-hydrogen) atoms. The lowest BCUT2D eigenvalue weighted by Gasteiger charge is -2.00. The maximum absolute atomic E-state index is 5.50. The second-order valence-corrected chi connectivity index (χ2v) is 3.99. The van der Waals surface area contributed by atoms with E-state index in [2.05, 4.69) is 15.1 Å². The van der Waals surface area contributed by atoms with Crippen LogP contribution in [0, 0.1) is 0 Å². The van der Waals surface area contributed by atoms with E-state index < -0.39 is 0 Å². The smallest absolute Gasteiger partial charge is 0.186 e. The van der Waals surface area contributed by atoms with Gasteiger partial charge in [0, 0.05) is 19.0 Å². The lowest BCUT2D eigenvalue weighted by Crippen LogP contribution is -1.94. The van der Waals surface area contributed by atoms with Crippen molar-refractivity contribution in [2.24, 2.45) is 7.05 Å². The van der Waals surface area contributed by atoms with Crippen LogP contribution in [-0.2, 0) is 12.8 Å². The summed E-state index contributed by atoms with van der Waals surface area (Å²) in [6, 6.07) is 3.76. The van der Waals surface area contributed by atoms with Crippen LogP contribution >= 0.6 is 11.8 Å². The molecule has 0 unspecified atom stereocenters. The fourth-order valence-corrected chi connectivity index (χ4v) is 1.91. The summed E-state index contributed by atoms with van der Waals surface area (Å²) in [6.45, 7) is 0. The van der Waals surface area contributed by atoms with Gasteiger partial charge in [-0.3, -0.25) is 0 Å². The van der Waals surface area contributed by atoms with Gasteiger partial charge in [0.2, 0.25) is 0 Å². The minimum Gasteiger partial charge on any atom is -0.384 e. The van der Waals surface area contributed by atoms with Crippen LogP contribution in [0.4, 0.5) is 5.82 Å². The summed E-state index contributed by atoms with van der Waals surface area (Å²) in [5, 5.41) is 4.89. The molecule has 2 aromatic heterocycles. The quantitative estimate of drug-likeness (QED) is 0.785. The van der Waals surface area contributed by atoms with Crippen LogP contribution in [0.25, 0.3) is 0 Å². The SMILES string of the molecule is Cn1ncnc1SCc1ccc(N)nc1. The number of nitrogens with zero attached hydrogens (tertiary/aromatic N) is 4. The van der Waals surface area contributed by atoms with E-state index in [9.17, 15) is 0 Å². The van der Waals surface area contributed by atoms with Crippen molar-refractivity contribution in [3.05, 3.63) is 30.2 Å². The maximum Gasteiger partial charge on any atom is 0.186 e. The first-order valence-electron chi connectivity index (χ1n) is 4.43. The van der Waals surface area contributed by atoms with E-state index in [1.165, 1.54) is 0 Å². The van der Waals surface area contributed by atoms with E-state index in [0.29, 0.717) is 5.82 Å². The standard InChI is InChI=1S/C9H11N5S/c1-14-9(12-6-13-14)15-5-7-2-3-8(10)11-4-7/h2-4,6H,5H2,1H3,(H2,10,11). The summed E-state index contributed by atoms with van der Waals surface area (Å²) < 4.78 is 1.75. The monoisotopic (exact) mass is 221 g/mol. The van der Waals surface area contributed by atoms with E-state index in [1.54, 1.807) is 35.0 Å². The number of nitrogens with two attached hydrogens (primary N) is 1. The Morgan fingerprint density at radius 2 is 2.27 bits per heavy atom. The molecule has 6 heteroatoms. The van der Waals surface area contributed by atoms with Gasteiger partial charge in [-0.15, -0.1) is 0 Å². The molecule has 0 atom stereocenters. The lowest BCUT2D eigenvalue weighted by atomic mass is 10.3. The molecule has 0 saturated carbocycles. The highest BCUT2D eigenvalue weighted by Crippen LogP contribution is 2.19. The van der Waals surface area contributed by atoms with Crippen LogP contribution in [0.2, 0.25) is 0 Å². The molecule has 2 rings (SSSR count). The molecule has 2 N–H and O–H groups in total. The van der Waals surface area contributed by atoms with Gasteiger partial charge in [-0.2, -0.15) is 5.10 Å². The van der Waals surface area contributed by atoms with E-state index in [1.807, 2.05) is 13.1 Å².